The van der Waals surface area contributed by atoms with E-state index in [0.29, 0.717) is 16.6 Å². The maximum absolute atomic E-state index is 12.6. The van der Waals surface area contributed by atoms with Crippen molar-refractivity contribution in [3.63, 3.8) is 0 Å². The molecule has 1 aliphatic rings. The van der Waals surface area contributed by atoms with Gasteiger partial charge in [0.15, 0.2) is 11.2 Å². The highest BCUT2D eigenvalue weighted by Crippen LogP contribution is 2.28. The minimum Gasteiger partial charge on any atom is -0.497 e. The summed E-state index contributed by atoms with van der Waals surface area (Å²) in [6, 6.07) is 7.21. The number of thiazole rings is 1. The van der Waals surface area contributed by atoms with Gasteiger partial charge in [0.05, 0.1) is 17.7 Å². The number of rotatable bonds is 7. The number of methoxy groups -OCH3 is 1. The molecule has 0 spiro atoms. The van der Waals surface area contributed by atoms with Crippen molar-refractivity contribution in [2.75, 3.05) is 12.4 Å². The molecule has 0 fully saturated rings. The molecule has 1 aromatic carbocycles. The first kappa shape index (κ1) is 25.4. The van der Waals surface area contributed by atoms with Crippen molar-refractivity contribution in [1.82, 2.24) is 4.98 Å². The average molecular weight is 513 g/mol. The largest absolute Gasteiger partial charge is 0.497 e. The van der Waals surface area contributed by atoms with Crippen LogP contribution >= 0.6 is 11.3 Å². The highest BCUT2D eigenvalue weighted by atomic mass is 32.2. The highest BCUT2D eigenvalue weighted by molar-refractivity contribution is 7.73. The SMILES string of the molecule is COc1ccc(-c2csc(NC(=O)/C=C/C3C=CC(CC(O)C(F)(F)F)=CC3=S(=O)=O)n2)cc1. The number of amides is 1. The molecule has 0 saturated heterocycles. The van der Waals surface area contributed by atoms with Crippen LogP contribution in [0.3, 0.4) is 0 Å². The maximum Gasteiger partial charge on any atom is 0.414 e. The van der Waals surface area contributed by atoms with Gasteiger partial charge in [0, 0.05) is 29.4 Å². The van der Waals surface area contributed by atoms with Crippen LogP contribution in [-0.4, -0.2) is 48.7 Å². The molecule has 180 valence electrons. The number of aromatic nitrogens is 1. The van der Waals surface area contributed by atoms with Gasteiger partial charge < -0.3 is 9.84 Å². The van der Waals surface area contributed by atoms with Crippen molar-refractivity contribution in [3.8, 4) is 17.0 Å². The summed E-state index contributed by atoms with van der Waals surface area (Å²) < 4.78 is 65.9. The Kier molecular flexibility index (Phi) is 8.07. The third-order valence-electron chi connectivity index (χ3n) is 4.75. The number of ether oxygens (including phenoxy) is 1. The Labute approximate surface area is 198 Å². The van der Waals surface area contributed by atoms with Gasteiger partial charge in [-0.15, -0.1) is 11.3 Å². The monoisotopic (exact) mass is 512 g/mol. The molecule has 0 aliphatic heterocycles. The number of halogens is 3. The molecule has 12 heteroatoms. The number of benzene rings is 1. The molecule has 0 radical (unpaired) electrons. The average Bonchev–Trinajstić information content (AvgIpc) is 3.25. The minimum absolute atomic E-state index is 0.00646. The van der Waals surface area contributed by atoms with E-state index in [0.717, 1.165) is 17.7 Å². The number of anilines is 1. The number of nitrogens with zero attached hydrogens (tertiary/aromatic N) is 1. The number of allylic oxidation sites excluding steroid dienone is 4. The van der Waals surface area contributed by atoms with Gasteiger partial charge in [0.1, 0.15) is 5.75 Å². The lowest BCUT2D eigenvalue weighted by molar-refractivity contribution is -0.202. The predicted octanol–water partition coefficient (Wildman–Crippen LogP) is 3.79. The van der Waals surface area contributed by atoms with Gasteiger partial charge in [0.2, 0.25) is 16.2 Å². The number of hydrogen-bond donors (Lipinski definition) is 2. The van der Waals surface area contributed by atoms with E-state index >= 15 is 0 Å². The smallest absolute Gasteiger partial charge is 0.414 e. The van der Waals surface area contributed by atoms with Crippen LogP contribution in [0.15, 0.2) is 65.6 Å². The molecule has 2 atom stereocenters. The first-order valence-electron chi connectivity index (χ1n) is 9.75. The Morgan fingerprint density at radius 3 is 2.65 bits per heavy atom. The van der Waals surface area contributed by atoms with Gasteiger partial charge in [-0.25, -0.2) is 4.98 Å². The second-order valence-electron chi connectivity index (χ2n) is 7.12. The number of carbonyl (C=O) groups is 1. The summed E-state index contributed by atoms with van der Waals surface area (Å²) in [5.41, 5.74) is 1.49. The summed E-state index contributed by atoms with van der Waals surface area (Å²) in [6.07, 6.45) is -2.07. The lowest BCUT2D eigenvalue weighted by Crippen LogP contribution is -2.29. The lowest BCUT2D eigenvalue weighted by Gasteiger charge is -2.18. The molecule has 34 heavy (non-hydrogen) atoms. The quantitative estimate of drug-likeness (QED) is 0.432. The molecule has 2 N–H and O–H groups in total. The second-order valence-corrected chi connectivity index (χ2v) is 8.92. The van der Waals surface area contributed by atoms with Crippen LogP contribution in [0.4, 0.5) is 18.3 Å². The summed E-state index contributed by atoms with van der Waals surface area (Å²) in [7, 11) is -1.18. The third kappa shape index (κ3) is 6.65. The topological polar surface area (TPSA) is 106 Å². The van der Waals surface area contributed by atoms with E-state index < -0.39 is 40.8 Å². The first-order valence-corrected chi connectivity index (χ1v) is 11.7. The van der Waals surface area contributed by atoms with Crippen molar-refractivity contribution in [2.24, 2.45) is 5.92 Å². The van der Waals surface area contributed by atoms with Gasteiger partial charge in [0.25, 0.3) is 0 Å². The summed E-state index contributed by atoms with van der Waals surface area (Å²) in [4.78, 5) is 16.4. The predicted molar refractivity (Wildman–Crippen MR) is 123 cm³/mol. The normalized spacial score (nSPS) is 16.9. The molecule has 7 nitrogen and oxygen atoms in total. The first-order chi connectivity index (χ1) is 16.1. The fourth-order valence-corrected chi connectivity index (χ4v) is 4.35. The van der Waals surface area contributed by atoms with Crippen LogP contribution in [0.1, 0.15) is 6.42 Å². The number of nitrogens with one attached hydrogen (secondary N) is 1. The Morgan fingerprint density at radius 1 is 1.32 bits per heavy atom. The summed E-state index contributed by atoms with van der Waals surface area (Å²) in [5.74, 6) is -0.701. The molecule has 1 heterocycles. The zero-order valence-corrected chi connectivity index (χ0v) is 19.2. The van der Waals surface area contributed by atoms with E-state index in [9.17, 15) is 31.5 Å². The van der Waals surface area contributed by atoms with Crippen molar-refractivity contribution in [2.45, 2.75) is 18.7 Å². The second kappa shape index (κ2) is 10.8. The summed E-state index contributed by atoms with van der Waals surface area (Å²) in [6.45, 7) is 0. The number of aliphatic hydroxyl groups is 1. The Hall–Kier alpha value is -3.22. The fraction of sp³-hybridized carbons (Fsp3) is 0.227. The van der Waals surface area contributed by atoms with Crippen LogP contribution in [-0.2, 0) is 15.1 Å². The molecule has 2 unspecified atom stereocenters. The van der Waals surface area contributed by atoms with Gasteiger partial charge >= 0.3 is 6.18 Å². The van der Waals surface area contributed by atoms with Crippen LogP contribution < -0.4 is 10.1 Å². The standard InChI is InChI=1S/C22H19F3N2O5S2/c1-32-16-7-4-14(5-8-16)17-12-33-21(26-17)27-20(29)9-6-15-3-2-13(10-18(15)34(30)31)11-19(28)22(23,24)25/h2-10,12,15,19,28H,11H2,1H3,(H,26,27,29)/b9-6+. The number of aliphatic hydroxyl groups excluding tert-OH is 1. The molecule has 1 aromatic heterocycles. The summed E-state index contributed by atoms with van der Waals surface area (Å²) in [5, 5.41) is 13.9. The van der Waals surface area contributed by atoms with Gasteiger partial charge in [-0.05, 0) is 35.9 Å². The van der Waals surface area contributed by atoms with E-state index in [1.807, 2.05) is 12.1 Å². The number of hydrogen-bond acceptors (Lipinski definition) is 7. The number of carbonyl (C=O) groups excluding carboxylic acids is 1. The molecule has 1 aliphatic carbocycles. The van der Waals surface area contributed by atoms with Crippen molar-refractivity contribution >= 4 is 37.5 Å². The van der Waals surface area contributed by atoms with Gasteiger partial charge in [-0.2, -0.15) is 21.6 Å². The summed E-state index contributed by atoms with van der Waals surface area (Å²) >= 11 is 1.21. The maximum atomic E-state index is 12.6. The molecule has 0 saturated carbocycles. The Bertz CT molecular complexity index is 1270. The van der Waals surface area contributed by atoms with E-state index in [1.165, 1.54) is 29.6 Å². The van der Waals surface area contributed by atoms with E-state index in [2.05, 4.69) is 10.3 Å². The molecular weight excluding hydrogens is 493 g/mol. The van der Waals surface area contributed by atoms with Gasteiger partial charge in [-0.3, -0.25) is 10.1 Å². The molecule has 2 aromatic rings. The minimum atomic E-state index is -4.82. The molecule has 0 bridgehead atoms. The van der Waals surface area contributed by atoms with E-state index in [-0.39, 0.29) is 10.4 Å². The van der Waals surface area contributed by atoms with E-state index in [1.54, 1.807) is 24.6 Å². The lowest BCUT2D eigenvalue weighted by atomic mass is 9.93. The highest BCUT2D eigenvalue weighted by Gasteiger charge is 2.38. The van der Waals surface area contributed by atoms with Gasteiger partial charge in [-0.1, -0.05) is 18.2 Å². The zero-order chi connectivity index (χ0) is 24.9. The van der Waals surface area contributed by atoms with Crippen LogP contribution in [0, 0.1) is 5.92 Å². The number of alkyl halides is 3. The van der Waals surface area contributed by atoms with Crippen molar-refractivity contribution in [3.05, 3.63) is 65.6 Å². The van der Waals surface area contributed by atoms with Crippen LogP contribution in [0.25, 0.3) is 11.3 Å². The van der Waals surface area contributed by atoms with Crippen LogP contribution in [0.5, 0.6) is 5.75 Å². The zero-order valence-electron chi connectivity index (χ0n) is 17.6. The van der Waals surface area contributed by atoms with Crippen LogP contribution in [0.2, 0.25) is 0 Å². The fourth-order valence-electron chi connectivity index (χ4n) is 3.00. The van der Waals surface area contributed by atoms with E-state index in [4.69, 9.17) is 4.74 Å². The van der Waals surface area contributed by atoms with Crippen molar-refractivity contribution in [1.29, 1.82) is 0 Å². The third-order valence-corrected chi connectivity index (χ3v) is 6.28. The molecule has 1 amide bonds. The molecule has 3 rings (SSSR count). The Morgan fingerprint density at radius 2 is 2.03 bits per heavy atom. The Balaban J connectivity index is 1.65. The van der Waals surface area contributed by atoms with Crippen molar-refractivity contribution < 1.29 is 36.2 Å². The molecular formula is C22H19F3N2O5S2.